The van der Waals surface area contributed by atoms with Crippen molar-refractivity contribution < 1.29 is 14.7 Å². The lowest BCUT2D eigenvalue weighted by Gasteiger charge is -2.25. The Morgan fingerprint density at radius 3 is 2.63 bits per heavy atom. The molecule has 6 nitrogen and oxygen atoms in total. The molecule has 0 aliphatic heterocycles. The number of carboxylic acids is 1. The largest absolute Gasteiger partial charge is 0.481 e. The number of carbonyl (C=O) groups excluding carboxylic acids is 1. The molecule has 1 saturated carbocycles. The van der Waals surface area contributed by atoms with Crippen LogP contribution in [0.2, 0.25) is 0 Å². The lowest BCUT2D eigenvalue weighted by molar-refractivity contribution is -0.143. The van der Waals surface area contributed by atoms with Crippen LogP contribution in [0.25, 0.3) is 0 Å². The summed E-state index contributed by atoms with van der Waals surface area (Å²) in [5.41, 5.74) is 1.25. The van der Waals surface area contributed by atoms with E-state index in [1.165, 1.54) is 0 Å². The maximum Gasteiger partial charge on any atom is 0.306 e. The molecule has 0 atom stereocenters. The van der Waals surface area contributed by atoms with Crippen LogP contribution in [-0.2, 0) is 4.79 Å². The van der Waals surface area contributed by atoms with Crippen LogP contribution >= 0.6 is 0 Å². The fourth-order valence-corrected chi connectivity index (χ4v) is 2.48. The van der Waals surface area contributed by atoms with E-state index >= 15 is 0 Å². The molecule has 1 aliphatic carbocycles. The molecule has 1 heterocycles. The van der Waals surface area contributed by atoms with E-state index in [0.717, 1.165) is 18.5 Å². The average molecular weight is 265 g/mol. The van der Waals surface area contributed by atoms with Crippen LogP contribution in [0.5, 0.6) is 0 Å². The predicted molar refractivity (Wildman–Crippen MR) is 68.7 cm³/mol. The van der Waals surface area contributed by atoms with Crippen LogP contribution in [0.3, 0.4) is 0 Å². The van der Waals surface area contributed by atoms with Crippen molar-refractivity contribution in [3.63, 3.8) is 0 Å². The summed E-state index contributed by atoms with van der Waals surface area (Å²) in [6.07, 6.45) is 3.13. The van der Waals surface area contributed by atoms with Crippen LogP contribution in [0.1, 0.15) is 41.9 Å². The number of nitrogens with zero attached hydrogens (tertiary/aromatic N) is 1. The number of aliphatic carboxylic acids is 1. The fourth-order valence-electron chi connectivity index (χ4n) is 2.48. The number of aromatic amines is 1. The Morgan fingerprint density at radius 1 is 1.42 bits per heavy atom. The van der Waals surface area contributed by atoms with Crippen LogP contribution in [0, 0.1) is 18.8 Å². The fraction of sp³-hybridized carbons (Fsp3) is 0.615. The van der Waals surface area contributed by atoms with E-state index in [2.05, 4.69) is 15.5 Å². The first-order valence-electron chi connectivity index (χ1n) is 6.59. The van der Waals surface area contributed by atoms with Crippen molar-refractivity contribution in [3.05, 3.63) is 17.5 Å². The van der Waals surface area contributed by atoms with Crippen LogP contribution < -0.4 is 5.32 Å². The third-order valence-corrected chi connectivity index (χ3v) is 3.69. The second-order valence-electron chi connectivity index (χ2n) is 5.20. The molecular weight excluding hydrogens is 246 g/mol. The van der Waals surface area contributed by atoms with Crippen molar-refractivity contribution in [2.75, 3.05) is 6.54 Å². The Bertz CT molecular complexity index is 461. The Hall–Kier alpha value is -1.85. The van der Waals surface area contributed by atoms with Crippen LogP contribution in [0.4, 0.5) is 0 Å². The van der Waals surface area contributed by atoms with Gasteiger partial charge >= 0.3 is 5.97 Å². The number of carboxylic acid groups (broad SMARTS) is 1. The first kappa shape index (κ1) is 13.6. The minimum atomic E-state index is -0.700. The van der Waals surface area contributed by atoms with Crippen molar-refractivity contribution >= 4 is 11.9 Å². The van der Waals surface area contributed by atoms with Crippen LogP contribution in [-0.4, -0.2) is 33.7 Å². The number of carbonyl (C=O) groups is 2. The maximum atomic E-state index is 11.8. The van der Waals surface area contributed by atoms with Gasteiger partial charge in [-0.25, -0.2) is 0 Å². The Labute approximate surface area is 111 Å². The monoisotopic (exact) mass is 265 g/mol. The second-order valence-corrected chi connectivity index (χ2v) is 5.20. The molecule has 19 heavy (non-hydrogen) atoms. The van der Waals surface area contributed by atoms with Gasteiger partial charge in [-0.05, 0) is 44.6 Å². The van der Waals surface area contributed by atoms with Gasteiger partial charge < -0.3 is 10.4 Å². The standard InChI is InChI=1S/C13H19N3O3/c1-8-6-11(16-15-8)12(17)14-7-9-2-4-10(5-3-9)13(18)19/h6,9-10H,2-5,7H2,1H3,(H,14,17)(H,15,16)(H,18,19). The summed E-state index contributed by atoms with van der Waals surface area (Å²) in [5.74, 6) is -0.709. The van der Waals surface area contributed by atoms with Gasteiger partial charge in [0, 0.05) is 12.2 Å². The van der Waals surface area contributed by atoms with Crippen molar-refractivity contribution in [2.45, 2.75) is 32.6 Å². The molecule has 1 aromatic rings. The van der Waals surface area contributed by atoms with Gasteiger partial charge in [0.2, 0.25) is 0 Å². The molecule has 0 radical (unpaired) electrons. The zero-order chi connectivity index (χ0) is 13.8. The number of aromatic nitrogens is 2. The van der Waals surface area contributed by atoms with Crippen LogP contribution in [0.15, 0.2) is 6.07 Å². The quantitative estimate of drug-likeness (QED) is 0.765. The smallest absolute Gasteiger partial charge is 0.306 e. The molecule has 1 aliphatic rings. The molecule has 3 N–H and O–H groups in total. The predicted octanol–water partition coefficient (Wildman–Crippen LogP) is 1.34. The molecule has 0 spiro atoms. The molecule has 6 heteroatoms. The van der Waals surface area contributed by atoms with E-state index in [9.17, 15) is 9.59 Å². The topological polar surface area (TPSA) is 95.1 Å². The summed E-state index contributed by atoms with van der Waals surface area (Å²) in [4.78, 5) is 22.6. The van der Waals surface area contributed by atoms with Crippen molar-refractivity contribution in [1.29, 1.82) is 0 Å². The summed E-state index contributed by atoms with van der Waals surface area (Å²) in [6.45, 7) is 2.44. The lowest BCUT2D eigenvalue weighted by Crippen LogP contribution is -2.32. The van der Waals surface area contributed by atoms with Gasteiger partial charge in [-0.2, -0.15) is 5.10 Å². The summed E-state index contributed by atoms with van der Waals surface area (Å²) >= 11 is 0. The molecule has 1 fully saturated rings. The van der Waals surface area contributed by atoms with Gasteiger partial charge in [0.15, 0.2) is 0 Å². The number of amides is 1. The number of nitrogens with one attached hydrogen (secondary N) is 2. The molecule has 0 bridgehead atoms. The van der Waals surface area contributed by atoms with Gasteiger partial charge in [0.1, 0.15) is 5.69 Å². The van der Waals surface area contributed by atoms with E-state index in [1.807, 2.05) is 6.92 Å². The van der Waals surface area contributed by atoms with E-state index in [0.29, 0.717) is 31.0 Å². The van der Waals surface area contributed by atoms with E-state index in [-0.39, 0.29) is 11.8 Å². The normalized spacial score (nSPS) is 23.0. The average Bonchev–Trinajstić information content (AvgIpc) is 2.83. The SMILES string of the molecule is Cc1cc(C(=O)NCC2CCC(C(=O)O)CC2)n[nH]1. The highest BCUT2D eigenvalue weighted by Gasteiger charge is 2.26. The molecule has 2 rings (SSSR count). The molecule has 1 amide bonds. The van der Waals surface area contributed by atoms with Crippen molar-refractivity contribution in [1.82, 2.24) is 15.5 Å². The maximum absolute atomic E-state index is 11.8. The number of hydrogen-bond acceptors (Lipinski definition) is 3. The van der Waals surface area contributed by atoms with E-state index in [1.54, 1.807) is 6.07 Å². The van der Waals surface area contributed by atoms with E-state index in [4.69, 9.17) is 5.11 Å². The summed E-state index contributed by atoms with van der Waals surface area (Å²) in [6, 6.07) is 1.71. The third-order valence-electron chi connectivity index (χ3n) is 3.69. The highest BCUT2D eigenvalue weighted by atomic mass is 16.4. The van der Waals surface area contributed by atoms with Gasteiger partial charge in [0.25, 0.3) is 5.91 Å². The Kier molecular flexibility index (Phi) is 4.19. The number of aryl methyl sites for hydroxylation is 1. The van der Waals surface area contributed by atoms with Crippen molar-refractivity contribution in [3.8, 4) is 0 Å². The molecule has 0 aromatic carbocycles. The molecule has 0 saturated heterocycles. The van der Waals surface area contributed by atoms with Crippen molar-refractivity contribution in [2.24, 2.45) is 11.8 Å². The van der Waals surface area contributed by atoms with Gasteiger partial charge in [-0.15, -0.1) is 0 Å². The zero-order valence-corrected chi connectivity index (χ0v) is 11.0. The lowest BCUT2D eigenvalue weighted by atomic mass is 9.82. The first-order chi connectivity index (χ1) is 9.06. The van der Waals surface area contributed by atoms with Gasteiger partial charge in [0.05, 0.1) is 5.92 Å². The zero-order valence-electron chi connectivity index (χ0n) is 11.0. The Balaban J connectivity index is 1.75. The van der Waals surface area contributed by atoms with E-state index < -0.39 is 5.97 Å². The summed E-state index contributed by atoms with van der Waals surface area (Å²) < 4.78 is 0. The summed E-state index contributed by atoms with van der Waals surface area (Å²) in [5, 5.41) is 18.4. The minimum Gasteiger partial charge on any atom is -0.481 e. The molecular formula is C13H19N3O3. The van der Waals surface area contributed by atoms with Gasteiger partial charge in [-0.1, -0.05) is 0 Å². The number of H-pyrrole nitrogens is 1. The highest BCUT2D eigenvalue weighted by Crippen LogP contribution is 2.28. The molecule has 0 unspecified atom stereocenters. The highest BCUT2D eigenvalue weighted by molar-refractivity contribution is 5.92. The van der Waals surface area contributed by atoms with Gasteiger partial charge in [-0.3, -0.25) is 14.7 Å². The molecule has 104 valence electrons. The first-order valence-corrected chi connectivity index (χ1v) is 6.59. The summed E-state index contributed by atoms with van der Waals surface area (Å²) in [7, 11) is 0. The Morgan fingerprint density at radius 2 is 2.11 bits per heavy atom. The number of rotatable bonds is 4. The third kappa shape index (κ3) is 3.56. The minimum absolute atomic E-state index is 0.176. The number of hydrogen-bond donors (Lipinski definition) is 3. The molecule has 1 aromatic heterocycles. The second kappa shape index (κ2) is 5.86.